The average molecular weight is 293 g/mol. The van der Waals surface area contributed by atoms with Crippen molar-refractivity contribution in [3.63, 3.8) is 0 Å². The number of pyridine rings is 1. The summed E-state index contributed by atoms with van der Waals surface area (Å²) >= 11 is 3.51. The van der Waals surface area contributed by atoms with E-state index in [4.69, 9.17) is 0 Å². The SMILES string of the molecule is CCN(CCBr)c1cc(C)nc2ccccc12. The van der Waals surface area contributed by atoms with Crippen LogP contribution in [0.3, 0.4) is 0 Å². The maximum absolute atomic E-state index is 4.57. The molecule has 0 unspecified atom stereocenters. The minimum atomic E-state index is 0.983. The highest BCUT2D eigenvalue weighted by molar-refractivity contribution is 9.09. The van der Waals surface area contributed by atoms with Crippen molar-refractivity contribution in [1.29, 1.82) is 0 Å². The van der Waals surface area contributed by atoms with Gasteiger partial charge in [-0.25, -0.2) is 0 Å². The minimum absolute atomic E-state index is 0.983. The number of benzene rings is 1. The van der Waals surface area contributed by atoms with Crippen LogP contribution < -0.4 is 4.90 Å². The molecule has 0 aliphatic rings. The summed E-state index contributed by atoms with van der Waals surface area (Å²) in [6.45, 7) is 6.27. The molecule has 0 N–H and O–H groups in total. The molecule has 2 rings (SSSR count). The van der Waals surface area contributed by atoms with E-state index < -0.39 is 0 Å². The van der Waals surface area contributed by atoms with Gasteiger partial charge in [-0.05, 0) is 26.0 Å². The van der Waals surface area contributed by atoms with Crippen molar-refractivity contribution >= 4 is 32.5 Å². The molecule has 17 heavy (non-hydrogen) atoms. The number of nitrogens with zero attached hydrogens (tertiary/aromatic N) is 2. The molecular formula is C14H17BrN2. The first-order valence-corrected chi connectivity index (χ1v) is 7.05. The Hall–Kier alpha value is -1.09. The van der Waals surface area contributed by atoms with Gasteiger partial charge in [0, 0.05) is 35.2 Å². The first-order valence-electron chi connectivity index (χ1n) is 5.93. The normalized spacial score (nSPS) is 10.8. The summed E-state index contributed by atoms with van der Waals surface area (Å²) in [5.41, 5.74) is 3.44. The number of anilines is 1. The van der Waals surface area contributed by atoms with Crippen molar-refractivity contribution < 1.29 is 0 Å². The van der Waals surface area contributed by atoms with E-state index in [0.717, 1.165) is 29.6 Å². The van der Waals surface area contributed by atoms with Gasteiger partial charge in [0.05, 0.1) is 5.52 Å². The van der Waals surface area contributed by atoms with Crippen LogP contribution in [0.1, 0.15) is 12.6 Å². The van der Waals surface area contributed by atoms with Gasteiger partial charge in [0.2, 0.25) is 0 Å². The van der Waals surface area contributed by atoms with Gasteiger partial charge in [-0.1, -0.05) is 34.1 Å². The Labute approximate surface area is 111 Å². The monoisotopic (exact) mass is 292 g/mol. The van der Waals surface area contributed by atoms with Crippen LogP contribution in [-0.4, -0.2) is 23.4 Å². The largest absolute Gasteiger partial charge is 0.370 e. The van der Waals surface area contributed by atoms with Crippen molar-refractivity contribution in [1.82, 2.24) is 4.98 Å². The zero-order valence-corrected chi connectivity index (χ0v) is 11.9. The number of halogens is 1. The van der Waals surface area contributed by atoms with Crippen LogP contribution in [0.2, 0.25) is 0 Å². The smallest absolute Gasteiger partial charge is 0.0726 e. The van der Waals surface area contributed by atoms with Crippen LogP contribution in [0, 0.1) is 6.92 Å². The van der Waals surface area contributed by atoms with Crippen LogP contribution in [0.4, 0.5) is 5.69 Å². The highest BCUT2D eigenvalue weighted by atomic mass is 79.9. The summed E-state index contributed by atoms with van der Waals surface area (Å²) < 4.78 is 0. The average Bonchev–Trinajstić information content (AvgIpc) is 2.35. The molecule has 90 valence electrons. The number of aryl methyl sites for hydroxylation is 1. The predicted molar refractivity (Wildman–Crippen MR) is 78.2 cm³/mol. The highest BCUT2D eigenvalue weighted by Crippen LogP contribution is 2.26. The number of hydrogen-bond donors (Lipinski definition) is 0. The molecule has 0 saturated carbocycles. The van der Waals surface area contributed by atoms with Gasteiger partial charge in [0.15, 0.2) is 0 Å². The molecule has 0 atom stereocenters. The summed E-state index contributed by atoms with van der Waals surface area (Å²) in [5.74, 6) is 0. The lowest BCUT2D eigenvalue weighted by Crippen LogP contribution is -2.25. The Morgan fingerprint density at radius 3 is 2.76 bits per heavy atom. The molecule has 0 aliphatic heterocycles. The second-order valence-corrected chi connectivity index (χ2v) is 4.86. The Morgan fingerprint density at radius 2 is 2.06 bits per heavy atom. The number of aromatic nitrogens is 1. The molecule has 0 saturated heterocycles. The molecule has 1 aromatic heterocycles. The fourth-order valence-electron chi connectivity index (χ4n) is 2.10. The van der Waals surface area contributed by atoms with Crippen LogP contribution in [-0.2, 0) is 0 Å². The number of alkyl halides is 1. The molecule has 0 spiro atoms. The fraction of sp³-hybridized carbons (Fsp3) is 0.357. The highest BCUT2D eigenvalue weighted by Gasteiger charge is 2.09. The van der Waals surface area contributed by atoms with Gasteiger partial charge in [-0.3, -0.25) is 4.98 Å². The zero-order chi connectivity index (χ0) is 12.3. The molecular weight excluding hydrogens is 276 g/mol. The topological polar surface area (TPSA) is 16.1 Å². The van der Waals surface area contributed by atoms with Gasteiger partial charge in [0.25, 0.3) is 0 Å². The molecule has 0 radical (unpaired) electrons. The van der Waals surface area contributed by atoms with Gasteiger partial charge < -0.3 is 4.90 Å². The molecule has 3 heteroatoms. The number of para-hydroxylation sites is 1. The number of fused-ring (bicyclic) bond motifs is 1. The van der Waals surface area contributed by atoms with E-state index in [0.29, 0.717) is 0 Å². The molecule has 0 amide bonds. The Bertz CT molecular complexity index is 511. The van der Waals surface area contributed by atoms with Crippen molar-refractivity contribution in [2.75, 3.05) is 23.3 Å². The van der Waals surface area contributed by atoms with E-state index in [9.17, 15) is 0 Å². The molecule has 1 heterocycles. The Morgan fingerprint density at radius 1 is 1.29 bits per heavy atom. The summed E-state index contributed by atoms with van der Waals surface area (Å²) in [6, 6.07) is 10.5. The van der Waals surface area contributed by atoms with Crippen molar-refractivity contribution in [2.24, 2.45) is 0 Å². The van der Waals surface area contributed by atoms with Crippen molar-refractivity contribution in [3.05, 3.63) is 36.0 Å². The lowest BCUT2D eigenvalue weighted by Gasteiger charge is -2.24. The van der Waals surface area contributed by atoms with Crippen LogP contribution >= 0.6 is 15.9 Å². The fourth-order valence-corrected chi connectivity index (χ4v) is 2.53. The molecule has 2 nitrogen and oxygen atoms in total. The molecule has 0 bridgehead atoms. The van der Waals surface area contributed by atoms with Gasteiger partial charge >= 0.3 is 0 Å². The summed E-state index contributed by atoms with van der Waals surface area (Å²) in [6.07, 6.45) is 0. The van der Waals surface area contributed by atoms with Crippen molar-refractivity contribution in [3.8, 4) is 0 Å². The van der Waals surface area contributed by atoms with E-state index in [1.165, 1.54) is 11.1 Å². The van der Waals surface area contributed by atoms with Gasteiger partial charge in [0.1, 0.15) is 0 Å². The van der Waals surface area contributed by atoms with E-state index in [2.05, 4.69) is 63.9 Å². The Kier molecular flexibility index (Phi) is 4.00. The Balaban J connectivity index is 2.58. The third-order valence-corrected chi connectivity index (χ3v) is 3.25. The van der Waals surface area contributed by atoms with E-state index >= 15 is 0 Å². The number of hydrogen-bond acceptors (Lipinski definition) is 2. The van der Waals surface area contributed by atoms with Crippen molar-refractivity contribution in [2.45, 2.75) is 13.8 Å². The van der Waals surface area contributed by atoms with E-state index in [1.54, 1.807) is 0 Å². The maximum atomic E-state index is 4.57. The first kappa shape index (κ1) is 12.4. The van der Waals surface area contributed by atoms with E-state index in [-0.39, 0.29) is 0 Å². The third-order valence-electron chi connectivity index (χ3n) is 2.90. The second-order valence-electron chi connectivity index (χ2n) is 4.07. The molecule has 0 aliphatic carbocycles. The first-order chi connectivity index (χ1) is 8.26. The maximum Gasteiger partial charge on any atom is 0.0726 e. The van der Waals surface area contributed by atoms with Crippen LogP contribution in [0.25, 0.3) is 10.9 Å². The van der Waals surface area contributed by atoms with Gasteiger partial charge in [-0.2, -0.15) is 0 Å². The standard InChI is InChI=1S/C14H17BrN2/c1-3-17(9-8-15)14-10-11(2)16-13-7-5-4-6-12(13)14/h4-7,10H,3,8-9H2,1-2H3. The zero-order valence-electron chi connectivity index (χ0n) is 10.3. The summed E-state index contributed by atoms with van der Waals surface area (Å²) in [7, 11) is 0. The van der Waals surface area contributed by atoms with Crippen LogP contribution in [0.15, 0.2) is 30.3 Å². The minimum Gasteiger partial charge on any atom is -0.370 e. The third kappa shape index (κ3) is 2.60. The molecule has 0 fully saturated rings. The predicted octanol–water partition coefficient (Wildman–Crippen LogP) is 3.76. The van der Waals surface area contributed by atoms with E-state index in [1.807, 2.05) is 6.07 Å². The second kappa shape index (κ2) is 5.50. The van der Waals surface area contributed by atoms with Crippen LogP contribution in [0.5, 0.6) is 0 Å². The molecule has 1 aromatic carbocycles. The lowest BCUT2D eigenvalue weighted by atomic mass is 10.1. The lowest BCUT2D eigenvalue weighted by molar-refractivity contribution is 0.878. The summed E-state index contributed by atoms with van der Waals surface area (Å²) in [5, 5.41) is 2.22. The number of rotatable bonds is 4. The summed E-state index contributed by atoms with van der Waals surface area (Å²) in [4.78, 5) is 6.96. The molecule has 2 aromatic rings. The van der Waals surface area contributed by atoms with Gasteiger partial charge in [-0.15, -0.1) is 0 Å². The quantitative estimate of drug-likeness (QED) is 0.798.